The Morgan fingerprint density at radius 1 is 0.889 bits per heavy atom. The van der Waals surface area contributed by atoms with Crippen molar-refractivity contribution < 1.29 is 56.3 Å². The van der Waals surface area contributed by atoms with Gasteiger partial charge in [0.1, 0.15) is 11.9 Å². The summed E-state index contributed by atoms with van der Waals surface area (Å²) in [4.78, 5) is 51.3. The van der Waals surface area contributed by atoms with E-state index in [1.807, 2.05) is 32.1 Å². The lowest BCUT2D eigenvalue weighted by molar-refractivity contribution is -0.384. The van der Waals surface area contributed by atoms with Gasteiger partial charge in [-0.15, -0.1) is 0 Å². The first kappa shape index (κ1) is 62.8. The highest BCUT2D eigenvalue weighted by Crippen LogP contribution is 2.43. The molecular weight excluding hydrogens is 967 g/mol. The number of carbonyl (C=O) groups is 3. The van der Waals surface area contributed by atoms with Gasteiger partial charge in [-0.1, -0.05) is 107 Å². The number of esters is 2. The molecule has 17 heteroatoms. The van der Waals surface area contributed by atoms with Gasteiger partial charge in [0.2, 0.25) is 0 Å². The van der Waals surface area contributed by atoms with Gasteiger partial charge in [0.15, 0.2) is 36.7 Å². The maximum atomic E-state index is 14.2. The van der Waals surface area contributed by atoms with E-state index in [1.54, 1.807) is 13.0 Å². The van der Waals surface area contributed by atoms with Crippen LogP contribution in [0.4, 0.5) is 10.5 Å². The van der Waals surface area contributed by atoms with Gasteiger partial charge in [0.05, 0.1) is 35.3 Å². The first-order chi connectivity index (χ1) is 34.0. The second-order valence-electron chi connectivity index (χ2n) is 20.9. The minimum Gasteiger partial charge on any atom is -0.457 e. The second-order valence-corrected chi connectivity index (χ2v) is 35.0. The van der Waals surface area contributed by atoms with E-state index in [0.29, 0.717) is 6.42 Å². The lowest BCUT2D eigenvalue weighted by Gasteiger charge is -2.39. The number of cyclic esters (lactones) is 1. The Balaban J connectivity index is 2.07. The van der Waals surface area contributed by atoms with Crippen LogP contribution >= 0.6 is 0 Å². The van der Waals surface area contributed by atoms with Crippen LogP contribution in [0.3, 0.4) is 0 Å². The molecule has 2 aliphatic rings. The number of benzene rings is 1. The van der Waals surface area contributed by atoms with Crippen molar-refractivity contribution in [3.63, 3.8) is 0 Å². The van der Waals surface area contributed by atoms with E-state index in [-0.39, 0.29) is 54.9 Å². The number of carbonyl (C=O) groups excluding carboxylic acids is 3. The molecule has 0 aliphatic carbocycles. The zero-order valence-electron chi connectivity index (χ0n) is 47.0. The van der Waals surface area contributed by atoms with Crippen molar-refractivity contribution in [3.05, 3.63) is 70.3 Å². The van der Waals surface area contributed by atoms with Crippen molar-refractivity contribution in [3.8, 4) is 5.75 Å². The Kier molecular flexibility index (Phi) is 24.8. The van der Waals surface area contributed by atoms with Crippen LogP contribution in [0.15, 0.2) is 60.2 Å². The molecule has 2 aliphatic heterocycles. The van der Waals surface area contributed by atoms with Crippen LogP contribution in [0.2, 0.25) is 54.4 Å². The number of hydrogen-bond donors (Lipinski definition) is 0. The highest BCUT2D eigenvalue weighted by Gasteiger charge is 2.51. The molecule has 2 heterocycles. The normalized spacial score (nSPS) is 25.8. The molecule has 10 atom stereocenters. The molecule has 0 bridgehead atoms. The van der Waals surface area contributed by atoms with Crippen molar-refractivity contribution in [1.29, 1.82) is 0 Å². The number of rotatable bonds is 27. The van der Waals surface area contributed by atoms with Crippen molar-refractivity contribution in [2.45, 2.75) is 245 Å². The second kappa shape index (κ2) is 28.4. The van der Waals surface area contributed by atoms with Gasteiger partial charge < -0.3 is 37.0 Å². The van der Waals surface area contributed by atoms with E-state index in [4.69, 9.17) is 37.0 Å². The van der Waals surface area contributed by atoms with Crippen LogP contribution < -0.4 is 4.74 Å². The average Bonchev–Trinajstić information content (AvgIpc) is 4.12. The summed E-state index contributed by atoms with van der Waals surface area (Å²) < 4.78 is 51.8. The summed E-state index contributed by atoms with van der Waals surface area (Å²) in [5.41, 5.74) is -1.50. The van der Waals surface area contributed by atoms with E-state index in [2.05, 4.69) is 89.2 Å². The summed E-state index contributed by atoms with van der Waals surface area (Å²) in [6.45, 7) is 33.4. The predicted octanol–water partition coefficient (Wildman–Crippen LogP) is 14.4. The monoisotopic (exact) mass is 1060 g/mol. The first-order valence-corrected chi connectivity index (χ1v) is 34.8. The maximum Gasteiger partial charge on any atom is 0.514 e. The summed E-state index contributed by atoms with van der Waals surface area (Å²) in [7, 11) is -6.22. The molecule has 72 heavy (non-hydrogen) atoms. The molecule has 0 unspecified atom stereocenters. The van der Waals surface area contributed by atoms with Gasteiger partial charge in [-0.05, 0) is 118 Å². The predicted molar refractivity (Wildman–Crippen MR) is 293 cm³/mol. The molecule has 1 fully saturated rings. The number of nitrogens with zero attached hydrogens (tertiary/aromatic N) is 1. The van der Waals surface area contributed by atoms with Crippen LogP contribution in [-0.2, 0) is 41.8 Å². The number of non-ortho nitro benzene ring substituents is 1. The smallest absolute Gasteiger partial charge is 0.457 e. The molecule has 0 amide bonds. The lowest BCUT2D eigenvalue weighted by Crippen LogP contribution is -2.47. The largest absolute Gasteiger partial charge is 0.514 e. The zero-order chi connectivity index (χ0) is 54.1. The molecular formula is C55H93NO13Si3. The van der Waals surface area contributed by atoms with Gasteiger partial charge in [-0.2, -0.15) is 0 Å². The summed E-state index contributed by atoms with van der Waals surface area (Å²) in [6.07, 6.45) is 8.42. The third-order valence-electron chi connectivity index (χ3n) is 16.2. The molecule has 408 valence electrons. The minimum absolute atomic E-state index is 0.0297. The van der Waals surface area contributed by atoms with Crippen LogP contribution in [0.1, 0.15) is 143 Å². The van der Waals surface area contributed by atoms with E-state index in [9.17, 15) is 24.5 Å². The summed E-state index contributed by atoms with van der Waals surface area (Å²) >= 11 is 0. The lowest BCUT2D eigenvalue weighted by atomic mass is 9.88. The quantitative estimate of drug-likeness (QED) is 0.00939. The topological polar surface area (TPSA) is 171 Å². The molecule has 0 N–H and O–H groups in total. The Bertz CT molecular complexity index is 1960. The summed E-state index contributed by atoms with van der Waals surface area (Å²) in [5.74, 6) is -1.16. The van der Waals surface area contributed by atoms with Crippen molar-refractivity contribution in [2.75, 3.05) is 0 Å². The van der Waals surface area contributed by atoms with Gasteiger partial charge in [0, 0.05) is 43.4 Å². The Morgan fingerprint density at radius 2 is 1.46 bits per heavy atom. The summed E-state index contributed by atoms with van der Waals surface area (Å²) in [6, 6.07) is 13.9. The fourth-order valence-corrected chi connectivity index (χ4v) is 19.5. The molecule has 1 saturated heterocycles. The average molecular weight is 1060 g/mol. The van der Waals surface area contributed by atoms with Gasteiger partial charge >= 0.3 is 18.1 Å². The minimum atomic E-state index is -2.30. The molecule has 0 radical (unpaired) electrons. The maximum absolute atomic E-state index is 14.2. The Morgan fingerprint density at radius 3 is 1.97 bits per heavy atom. The van der Waals surface area contributed by atoms with Crippen LogP contribution in [-0.4, -0.2) is 95.8 Å². The van der Waals surface area contributed by atoms with Gasteiger partial charge in [-0.25, -0.2) is 4.79 Å². The molecule has 0 aromatic heterocycles. The third-order valence-corrected chi connectivity index (χ3v) is 30.3. The molecule has 0 spiro atoms. The van der Waals surface area contributed by atoms with E-state index in [1.165, 1.54) is 31.2 Å². The van der Waals surface area contributed by atoms with Crippen molar-refractivity contribution in [1.82, 2.24) is 0 Å². The molecule has 3 rings (SSSR count). The summed E-state index contributed by atoms with van der Waals surface area (Å²) in [5, 5.41) is 11.3. The number of epoxide rings is 1. The SMILES string of the molecule is CC[C@H](O[Si](CC)(CC)CC)[C@@H](C)[C@H]1O[C@@H]1C[C@](C)(/C=C/C=C(\C)[C@H]1OC(=O)C[C@H](O[Si](CC)(CC)CC)CC[C@@](C)(OC(=O)Oc2ccc([N+](=O)[O-])cc2)[C@@H](OC(C)=O)/C=C\[C@@H]1C)O[Si](CC)(CC)CC. The number of ether oxygens (including phenoxy) is 5. The highest BCUT2D eigenvalue weighted by molar-refractivity contribution is 6.74. The molecule has 1 aromatic rings. The van der Waals surface area contributed by atoms with Crippen LogP contribution in [0.25, 0.3) is 0 Å². The fraction of sp³-hybridized carbons (Fsp3) is 0.727. The Labute approximate surface area is 436 Å². The van der Waals surface area contributed by atoms with Crippen LogP contribution in [0, 0.1) is 22.0 Å². The number of allylic oxidation sites excluding steroid dienone is 2. The number of nitro benzene ring substituents is 1. The van der Waals surface area contributed by atoms with Gasteiger partial charge in [-0.3, -0.25) is 19.7 Å². The van der Waals surface area contributed by atoms with E-state index < -0.39 is 83.4 Å². The van der Waals surface area contributed by atoms with Crippen molar-refractivity contribution in [2.24, 2.45) is 11.8 Å². The standard InChI is InChI=1S/C55H93NO13Si3/c1-17-47(68-71(21-5,22-6)23-7)42(13)52-48(64-52)39-54(15,69-72(24-8,25-9)26-10)36-27-28-40(11)51-41(12)29-34-49(62-43(14)57)55(16,66-53(59)63-45-32-30-44(31-33-45)56(60)61)37-35-46(38-50(58)65-51)67-70(18-2,19-3)20-4/h27-34,36,41-42,46-49,51-52H,17-26,35,37-39H2,1-16H3/b34-29-,36-27+,40-28+/t41-,42+,46+,47-,48+,49-,51+,52+,54-,55+/m0/s1. The first-order valence-electron chi connectivity index (χ1n) is 27.2. The van der Waals surface area contributed by atoms with E-state index >= 15 is 0 Å². The highest BCUT2D eigenvalue weighted by atomic mass is 28.4. The fourth-order valence-electron chi connectivity index (χ4n) is 10.5. The van der Waals surface area contributed by atoms with Crippen LogP contribution in [0.5, 0.6) is 5.75 Å². The van der Waals surface area contributed by atoms with E-state index in [0.717, 1.165) is 66.4 Å². The zero-order valence-corrected chi connectivity index (χ0v) is 50.0. The number of hydrogen-bond acceptors (Lipinski definition) is 13. The number of nitro groups is 1. The molecule has 1 aromatic carbocycles. The molecule has 14 nitrogen and oxygen atoms in total. The molecule has 0 saturated carbocycles. The van der Waals surface area contributed by atoms with Crippen molar-refractivity contribution >= 4 is 48.7 Å². The van der Waals surface area contributed by atoms with Gasteiger partial charge in [0.25, 0.3) is 5.69 Å². The Hall–Kier alpha value is -3.46. The third kappa shape index (κ3) is 17.6.